The first-order valence-electron chi connectivity index (χ1n) is 16.5. The topological polar surface area (TPSA) is 162 Å². The Morgan fingerprint density at radius 3 is 2.43 bits per heavy atom. The van der Waals surface area contributed by atoms with Gasteiger partial charge in [0.1, 0.15) is 5.69 Å². The molecule has 0 aliphatic carbocycles. The van der Waals surface area contributed by atoms with Crippen LogP contribution in [0.25, 0.3) is 33.4 Å². The molecule has 1 aliphatic heterocycles. The summed E-state index contributed by atoms with van der Waals surface area (Å²) in [7, 11) is 0. The second-order valence-corrected chi connectivity index (χ2v) is 13.3. The largest absolute Gasteiger partial charge is 0.412 e. The highest BCUT2D eigenvalue weighted by Gasteiger charge is 2.30. The summed E-state index contributed by atoms with van der Waals surface area (Å²) >= 11 is 12.7. The molecule has 4 heterocycles. The van der Waals surface area contributed by atoms with E-state index in [-0.39, 0.29) is 23.8 Å². The Balaban J connectivity index is 1.30. The van der Waals surface area contributed by atoms with Gasteiger partial charge in [0.15, 0.2) is 11.7 Å². The molecule has 13 heteroatoms. The van der Waals surface area contributed by atoms with Gasteiger partial charge in [0.2, 0.25) is 0 Å². The first-order chi connectivity index (χ1) is 24.7. The van der Waals surface area contributed by atoms with Crippen molar-refractivity contribution in [2.45, 2.75) is 25.8 Å². The minimum atomic E-state index is -0.492. The van der Waals surface area contributed by atoms with Gasteiger partial charge in [-0.05, 0) is 61.7 Å². The summed E-state index contributed by atoms with van der Waals surface area (Å²) in [4.78, 5) is 29.6. The molecule has 1 atom stereocenters. The van der Waals surface area contributed by atoms with E-state index in [1.807, 2.05) is 85.2 Å². The van der Waals surface area contributed by atoms with E-state index < -0.39 is 6.02 Å². The number of rotatable bonds is 8. The Bertz CT molecular complexity index is 2240. The van der Waals surface area contributed by atoms with Crippen molar-refractivity contribution in [3.63, 3.8) is 0 Å². The van der Waals surface area contributed by atoms with Crippen molar-refractivity contribution in [3.8, 4) is 22.5 Å². The Morgan fingerprint density at radius 2 is 1.71 bits per heavy atom. The highest BCUT2D eigenvalue weighted by Crippen LogP contribution is 2.42. The van der Waals surface area contributed by atoms with Crippen LogP contribution in [-0.2, 0) is 4.74 Å². The number of amides is 1. The van der Waals surface area contributed by atoms with Gasteiger partial charge in [0.25, 0.3) is 11.9 Å². The number of H-pyrrole nitrogens is 1. The number of ether oxygens (including phenoxy) is 1. The molecule has 1 amide bonds. The zero-order valence-electron chi connectivity index (χ0n) is 27.7. The number of halogens is 2. The van der Waals surface area contributed by atoms with Crippen LogP contribution < -0.4 is 16.0 Å². The lowest BCUT2D eigenvalue weighted by molar-refractivity contribution is 0.102. The van der Waals surface area contributed by atoms with Crippen LogP contribution in [0.15, 0.2) is 97.5 Å². The zero-order valence-corrected chi connectivity index (χ0v) is 29.2. The van der Waals surface area contributed by atoms with Crippen molar-refractivity contribution >= 4 is 63.4 Å². The second-order valence-electron chi connectivity index (χ2n) is 12.4. The number of hydrogen-bond donors (Lipinski definition) is 5. The lowest BCUT2D eigenvalue weighted by Gasteiger charge is -2.33. The van der Waals surface area contributed by atoms with Crippen molar-refractivity contribution in [2.24, 2.45) is 11.7 Å². The number of pyridine rings is 1. The smallest absolute Gasteiger partial charge is 0.285 e. The summed E-state index contributed by atoms with van der Waals surface area (Å²) in [5.74, 6) is 0.0913. The normalized spacial score (nSPS) is 14.0. The number of aromatic amines is 1. The first kappa shape index (κ1) is 33.8. The molecule has 51 heavy (non-hydrogen) atoms. The van der Waals surface area contributed by atoms with E-state index in [0.717, 1.165) is 27.9 Å². The Labute approximate surface area is 304 Å². The van der Waals surface area contributed by atoms with E-state index in [1.54, 1.807) is 12.3 Å². The van der Waals surface area contributed by atoms with E-state index in [4.69, 9.17) is 49.5 Å². The quantitative estimate of drug-likeness (QED) is 0.0784. The van der Waals surface area contributed by atoms with Crippen LogP contribution in [0.3, 0.4) is 0 Å². The van der Waals surface area contributed by atoms with E-state index in [0.29, 0.717) is 64.3 Å². The molecule has 7 rings (SSSR count). The molecule has 0 radical (unpaired) electrons. The van der Waals surface area contributed by atoms with Crippen molar-refractivity contribution in [3.05, 3.63) is 119 Å². The van der Waals surface area contributed by atoms with Gasteiger partial charge < -0.3 is 30.2 Å². The average Bonchev–Trinajstić information content (AvgIpc) is 3.73. The Morgan fingerprint density at radius 1 is 0.980 bits per heavy atom. The molecule has 1 aliphatic rings. The van der Waals surface area contributed by atoms with Gasteiger partial charge in [-0.1, -0.05) is 71.7 Å². The molecule has 6 aromatic rings. The van der Waals surface area contributed by atoms with Crippen LogP contribution in [-0.4, -0.2) is 50.4 Å². The van der Waals surface area contributed by atoms with Gasteiger partial charge in [-0.25, -0.2) is 9.97 Å². The molecule has 11 nitrogen and oxygen atoms in total. The number of carbonyl (C=O) groups is 1. The summed E-state index contributed by atoms with van der Waals surface area (Å²) in [5, 5.41) is 20.7. The first-order valence-corrected chi connectivity index (χ1v) is 17.2. The molecular formula is C38H35Cl2N9O2. The predicted octanol–water partition coefficient (Wildman–Crippen LogP) is 8.37. The fraction of sp³-hybridized carbons (Fsp3) is 0.184. The molecule has 1 saturated heterocycles. The van der Waals surface area contributed by atoms with Gasteiger partial charge in [0, 0.05) is 57.3 Å². The predicted molar refractivity (Wildman–Crippen MR) is 203 cm³/mol. The van der Waals surface area contributed by atoms with Crippen molar-refractivity contribution in [1.82, 2.24) is 19.5 Å². The summed E-state index contributed by atoms with van der Waals surface area (Å²) in [5.41, 5.74) is 11.1. The van der Waals surface area contributed by atoms with E-state index >= 15 is 0 Å². The fourth-order valence-corrected chi connectivity index (χ4v) is 6.98. The number of nitrogens with two attached hydrogens (primary N) is 1. The van der Waals surface area contributed by atoms with Gasteiger partial charge >= 0.3 is 0 Å². The summed E-state index contributed by atoms with van der Waals surface area (Å²) < 4.78 is 7.14. The van der Waals surface area contributed by atoms with Gasteiger partial charge in [0.05, 0.1) is 29.4 Å². The molecule has 0 saturated carbocycles. The zero-order chi connectivity index (χ0) is 35.6. The number of fused-ring (bicyclic) bond motifs is 1. The number of carbonyl (C=O) groups excluding carboxylic acids is 1. The number of benzene rings is 3. The van der Waals surface area contributed by atoms with Crippen LogP contribution in [0.5, 0.6) is 0 Å². The average molecular weight is 721 g/mol. The third-order valence-electron chi connectivity index (χ3n) is 9.26. The monoisotopic (exact) mass is 719 g/mol. The maximum absolute atomic E-state index is 14.6. The number of hydrogen-bond acceptors (Lipinski definition) is 7. The number of piperidine rings is 1. The van der Waals surface area contributed by atoms with Gasteiger partial charge in [-0.2, -0.15) is 0 Å². The minimum absolute atomic E-state index is 0.0114. The van der Waals surface area contributed by atoms with Crippen molar-refractivity contribution in [2.75, 3.05) is 23.3 Å². The lowest BCUT2D eigenvalue weighted by Crippen LogP contribution is -2.38. The highest BCUT2D eigenvalue weighted by molar-refractivity contribution is 6.31. The van der Waals surface area contributed by atoms with Crippen LogP contribution in [0.2, 0.25) is 10.0 Å². The number of imidazole rings is 1. The standard InChI is InChI=1S/C38H35Cl2N9O2/c1-22(23-9-11-26(39)12-10-23)49-21-45-32(24-6-3-2-4-7-24)34(49)31-28-14-13-27(40)20-30(28)46-33(31)37(50)47-29-8-5-17-44-36(29)48-18-15-25(16-19-48)35(41)51-38(42)43/h2-14,17,20-22,25,41,46H,15-16,18-19H2,1H3,(H3,42,43)(H,47,50). The molecule has 0 bridgehead atoms. The maximum Gasteiger partial charge on any atom is 0.285 e. The molecule has 258 valence electrons. The molecule has 3 aromatic heterocycles. The van der Waals surface area contributed by atoms with Crippen molar-refractivity contribution in [1.29, 1.82) is 10.8 Å². The molecule has 6 N–H and O–H groups in total. The fourth-order valence-electron chi connectivity index (χ4n) is 6.68. The number of anilines is 2. The van der Waals surface area contributed by atoms with E-state index in [1.165, 1.54) is 0 Å². The molecule has 1 unspecified atom stereocenters. The minimum Gasteiger partial charge on any atom is -0.412 e. The van der Waals surface area contributed by atoms with Gasteiger partial charge in [-0.3, -0.25) is 15.6 Å². The van der Waals surface area contributed by atoms with Crippen LogP contribution in [0.4, 0.5) is 11.5 Å². The molecule has 0 spiro atoms. The lowest BCUT2D eigenvalue weighted by atomic mass is 9.96. The number of nitrogens with zero attached hydrogens (tertiary/aromatic N) is 4. The number of amidine groups is 1. The summed E-state index contributed by atoms with van der Waals surface area (Å²) in [6.45, 7) is 3.24. The third kappa shape index (κ3) is 6.90. The van der Waals surface area contributed by atoms with Crippen LogP contribution in [0.1, 0.15) is 41.9 Å². The summed E-state index contributed by atoms with van der Waals surface area (Å²) in [6, 6.07) is 26.1. The second kappa shape index (κ2) is 14.3. The van der Waals surface area contributed by atoms with E-state index in [9.17, 15) is 4.79 Å². The number of aromatic nitrogens is 4. The molecule has 1 fully saturated rings. The van der Waals surface area contributed by atoms with Crippen molar-refractivity contribution < 1.29 is 9.53 Å². The highest BCUT2D eigenvalue weighted by atomic mass is 35.5. The van der Waals surface area contributed by atoms with E-state index in [2.05, 4.69) is 31.7 Å². The third-order valence-corrected chi connectivity index (χ3v) is 9.74. The summed E-state index contributed by atoms with van der Waals surface area (Å²) in [6.07, 6.45) is 4.73. The molecule has 3 aromatic carbocycles. The SMILES string of the molecule is CC(c1ccc(Cl)cc1)n1cnc(-c2ccccc2)c1-c1c(C(=O)Nc2cccnc2N2CCC(C(=N)OC(=N)N)CC2)[nH]c2cc(Cl)ccc12. The number of nitrogens with one attached hydrogen (secondary N) is 4. The van der Waals surface area contributed by atoms with Gasteiger partial charge in [-0.15, -0.1) is 0 Å². The maximum atomic E-state index is 14.6. The Kier molecular flexibility index (Phi) is 9.48. The molecular weight excluding hydrogens is 685 g/mol. The van der Waals surface area contributed by atoms with Crippen LogP contribution >= 0.6 is 23.2 Å². The Hall–Kier alpha value is -5.65. The van der Waals surface area contributed by atoms with Crippen LogP contribution in [0, 0.1) is 16.7 Å².